The lowest BCUT2D eigenvalue weighted by atomic mass is 9.94. The number of rotatable bonds is 4. The van der Waals surface area contributed by atoms with E-state index in [9.17, 15) is 0 Å². The van der Waals surface area contributed by atoms with Crippen LogP contribution < -0.4 is 5.32 Å². The summed E-state index contributed by atoms with van der Waals surface area (Å²) in [5.41, 5.74) is 4.28. The fourth-order valence-electron chi connectivity index (χ4n) is 4.45. The standard InChI is InChI=1S/C17H23NO/c1-2-18-17(16-14-4-3-5-15(14)16)11-6-7-12-9-19-10-13(12)8-11/h6-8,14-18H,2-5,9-10H2,1H3. The first-order valence-electron chi connectivity index (χ1n) is 7.81. The van der Waals surface area contributed by atoms with E-state index in [1.807, 2.05) is 0 Å². The molecular weight excluding hydrogens is 234 g/mol. The molecule has 2 nitrogen and oxygen atoms in total. The van der Waals surface area contributed by atoms with Crippen molar-refractivity contribution >= 4 is 0 Å². The van der Waals surface area contributed by atoms with E-state index >= 15 is 0 Å². The molecule has 3 aliphatic rings. The molecule has 2 heteroatoms. The Hall–Kier alpha value is -0.860. The Kier molecular flexibility index (Phi) is 2.89. The normalized spacial score (nSPS) is 33.0. The van der Waals surface area contributed by atoms with E-state index in [1.165, 1.54) is 36.0 Å². The number of hydrogen-bond donors (Lipinski definition) is 1. The third-order valence-electron chi connectivity index (χ3n) is 5.39. The molecule has 4 rings (SSSR count). The minimum atomic E-state index is 0.575. The summed E-state index contributed by atoms with van der Waals surface area (Å²) in [7, 11) is 0. The predicted octanol–water partition coefficient (Wildman–Crippen LogP) is 3.41. The number of nitrogens with one attached hydrogen (secondary N) is 1. The Labute approximate surface area is 115 Å². The lowest BCUT2D eigenvalue weighted by Gasteiger charge is -2.21. The van der Waals surface area contributed by atoms with Gasteiger partial charge in [0.05, 0.1) is 13.2 Å². The van der Waals surface area contributed by atoms with Crippen LogP contribution in [0.2, 0.25) is 0 Å². The molecular formula is C17H23NO. The van der Waals surface area contributed by atoms with Crippen molar-refractivity contribution in [3.8, 4) is 0 Å². The average molecular weight is 257 g/mol. The number of ether oxygens (including phenoxy) is 1. The van der Waals surface area contributed by atoms with Gasteiger partial charge < -0.3 is 10.1 Å². The zero-order chi connectivity index (χ0) is 12.8. The van der Waals surface area contributed by atoms with Crippen molar-refractivity contribution in [1.29, 1.82) is 0 Å². The average Bonchev–Trinajstić information content (AvgIpc) is 2.86. The lowest BCUT2D eigenvalue weighted by Crippen LogP contribution is -2.24. The Balaban J connectivity index is 1.60. The summed E-state index contributed by atoms with van der Waals surface area (Å²) < 4.78 is 5.54. The number of hydrogen-bond acceptors (Lipinski definition) is 2. The van der Waals surface area contributed by atoms with Crippen LogP contribution in [0.4, 0.5) is 0 Å². The topological polar surface area (TPSA) is 21.3 Å². The molecule has 0 bridgehead atoms. The quantitative estimate of drug-likeness (QED) is 0.892. The molecule has 2 fully saturated rings. The summed E-state index contributed by atoms with van der Waals surface area (Å²) in [6.07, 6.45) is 4.39. The monoisotopic (exact) mass is 257 g/mol. The zero-order valence-corrected chi connectivity index (χ0v) is 11.7. The summed E-state index contributed by atoms with van der Waals surface area (Å²) in [4.78, 5) is 0. The van der Waals surface area contributed by atoms with Crippen LogP contribution in [0.1, 0.15) is 48.9 Å². The highest BCUT2D eigenvalue weighted by molar-refractivity contribution is 5.36. The molecule has 0 spiro atoms. The minimum Gasteiger partial charge on any atom is -0.372 e. The van der Waals surface area contributed by atoms with Crippen LogP contribution in [0.25, 0.3) is 0 Å². The van der Waals surface area contributed by atoms with Gasteiger partial charge in [-0.05, 0) is 53.8 Å². The first kappa shape index (κ1) is 11.9. The Morgan fingerprint density at radius 2 is 2.00 bits per heavy atom. The molecule has 1 aliphatic heterocycles. The molecule has 1 aromatic rings. The van der Waals surface area contributed by atoms with Gasteiger partial charge in [0.2, 0.25) is 0 Å². The van der Waals surface area contributed by atoms with Crippen molar-refractivity contribution in [3.05, 3.63) is 34.9 Å². The van der Waals surface area contributed by atoms with E-state index in [0.717, 1.165) is 37.5 Å². The van der Waals surface area contributed by atoms with Crippen molar-refractivity contribution in [2.45, 2.75) is 45.4 Å². The molecule has 0 radical (unpaired) electrons. The van der Waals surface area contributed by atoms with Crippen LogP contribution in [0.5, 0.6) is 0 Å². The van der Waals surface area contributed by atoms with E-state index < -0.39 is 0 Å². The van der Waals surface area contributed by atoms with Crippen molar-refractivity contribution in [1.82, 2.24) is 5.32 Å². The van der Waals surface area contributed by atoms with Gasteiger partial charge in [-0.2, -0.15) is 0 Å². The summed E-state index contributed by atoms with van der Waals surface area (Å²) in [6, 6.07) is 7.57. The maximum absolute atomic E-state index is 5.54. The third kappa shape index (κ3) is 1.93. The highest BCUT2D eigenvalue weighted by atomic mass is 16.5. The summed E-state index contributed by atoms with van der Waals surface area (Å²) in [5.74, 6) is 2.91. The second kappa shape index (κ2) is 4.60. The minimum absolute atomic E-state index is 0.575. The van der Waals surface area contributed by atoms with Gasteiger partial charge in [-0.25, -0.2) is 0 Å². The van der Waals surface area contributed by atoms with Gasteiger partial charge in [0, 0.05) is 6.04 Å². The summed E-state index contributed by atoms with van der Waals surface area (Å²) in [5, 5.41) is 3.74. The van der Waals surface area contributed by atoms with Gasteiger partial charge in [0.15, 0.2) is 0 Å². The molecule has 1 aromatic carbocycles. The third-order valence-corrected chi connectivity index (χ3v) is 5.39. The molecule has 0 amide bonds. The highest BCUT2D eigenvalue weighted by Crippen LogP contribution is 2.62. The second-order valence-corrected chi connectivity index (χ2v) is 6.39. The zero-order valence-electron chi connectivity index (χ0n) is 11.7. The van der Waals surface area contributed by atoms with E-state index in [-0.39, 0.29) is 0 Å². The van der Waals surface area contributed by atoms with Crippen molar-refractivity contribution < 1.29 is 4.74 Å². The largest absolute Gasteiger partial charge is 0.372 e. The van der Waals surface area contributed by atoms with Crippen LogP contribution in [-0.4, -0.2) is 6.54 Å². The Morgan fingerprint density at radius 3 is 2.79 bits per heavy atom. The van der Waals surface area contributed by atoms with Crippen molar-refractivity contribution in [2.24, 2.45) is 17.8 Å². The molecule has 2 saturated carbocycles. The number of benzene rings is 1. The van der Waals surface area contributed by atoms with Crippen LogP contribution in [0, 0.1) is 17.8 Å². The van der Waals surface area contributed by atoms with Gasteiger partial charge in [-0.3, -0.25) is 0 Å². The smallest absolute Gasteiger partial charge is 0.0725 e. The molecule has 0 aromatic heterocycles. The molecule has 3 atom stereocenters. The maximum atomic E-state index is 5.54. The van der Waals surface area contributed by atoms with E-state index in [4.69, 9.17) is 4.74 Å². The first-order chi connectivity index (χ1) is 9.38. The highest BCUT2D eigenvalue weighted by Gasteiger charge is 2.55. The Bertz CT molecular complexity index is 474. The van der Waals surface area contributed by atoms with Gasteiger partial charge in [0.1, 0.15) is 0 Å². The van der Waals surface area contributed by atoms with Gasteiger partial charge >= 0.3 is 0 Å². The van der Waals surface area contributed by atoms with Crippen molar-refractivity contribution in [3.63, 3.8) is 0 Å². The lowest BCUT2D eigenvalue weighted by molar-refractivity contribution is 0.134. The van der Waals surface area contributed by atoms with Crippen molar-refractivity contribution in [2.75, 3.05) is 6.54 Å². The molecule has 19 heavy (non-hydrogen) atoms. The van der Waals surface area contributed by atoms with Crippen LogP contribution in [0.15, 0.2) is 18.2 Å². The van der Waals surface area contributed by atoms with E-state index in [2.05, 4.69) is 30.4 Å². The second-order valence-electron chi connectivity index (χ2n) is 6.39. The molecule has 3 unspecified atom stereocenters. The van der Waals surface area contributed by atoms with Gasteiger partial charge in [-0.1, -0.05) is 31.5 Å². The molecule has 1 heterocycles. The van der Waals surface area contributed by atoms with Crippen LogP contribution in [0.3, 0.4) is 0 Å². The molecule has 2 aliphatic carbocycles. The van der Waals surface area contributed by atoms with Crippen LogP contribution in [-0.2, 0) is 18.0 Å². The predicted molar refractivity (Wildman–Crippen MR) is 75.7 cm³/mol. The fraction of sp³-hybridized carbons (Fsp3) is 0.647. The van der Waals surface area contributed by atoms with Gasteiger partial charge in [-0.15, -0.1) is 0 Å². The SMILES string of the molecule is CCNC(c1ccc2c(c1)COC2)C1C2CCCC21. The molecule has 1 N–H and O–H groups in total. The maximum Gasteiger partial charge on any atom is 0.0725 e. The van der Waals surface area contributed by atoms with Crippen LogP contribution >= 0.6 is 0 Å². The summed E-state index contributed by atoms with van der Waals surface area (Å²) in [6.45, 7) is 4.89. The number of fused-ring (bicyclic) bond motifs is 2. The van der Waals surface area contributed by atoms with Gasteiger partial charge in [0.25, 0.3) is 0 Å². The summed E-state index contributed by atoms with van der Waals surface area (Å²) >= 11 is 0. The molecule has 102 valence electrons. The first-order valence-corrected chi connectivity index (χ1v) is 7.81. The molecule has 0 saturated heterocycles. The Morgan fingerprint density at radius 1 is 1.21 bits per heavy atom. The van der Waals surface area contributed by atoms with E-state index in [0.29, 0.717) is 6.04 Å². The fourth-order valence-corrected chi connectivity index (χ4v) is 4.45. The van der Waals surface area contributed by atoms with E-state index in [1.54, 1.807) is 0 Å².